The van der Waals surface area contributed by atoms with Crippen LogP contribution in [0.25, 0.3) is 0 Å². The van der Waals surface area contributed by atoms with Gasteiger partial charge in [0, 0.05) is 38.1 Å². The molecule has 1 aromatic heterocycles. The number of nitrogens with zero attached hydrogens (tertiary/aromatic N) is 3. The number of aryl methyl sites for hydroxylation is 4. The highest BCUT2D eigenvalue weighted by Crippen LogP contribution is 2.26. The van der Waals surface area contributed by atoms with Crippen molar-refractivity contribution in [3.05, 3.63) is 58.4 Å². The molecule has 0 radical (unpaired) electrons. The van der Waals surface area contributed by atoms with Gasteiger partial charge in [-0.15, -0.1) is 0 Å². The molecule has 1 fully saturated rings. The Morgan fingerprint density at radius 2 is 1.56 bits per heavy atom. The lowest BCUT2D eigenvalue weighted by Gasteiger charge is -2.34. The number of carbonyl (C=O) groups excluding carboxylic acids is 1. The molecule has 1 saturated heterocycles. The van der Waals surface area contributed by atoms with E-state index in [1.54, 1.807) is 23.2 Å². The fraction of sp³-hybridized carbons (Fsp3) is 0.400. The van der Waals surface area contributed by atoms with Crippen molar-refractivity contribution in [1.29, 1.82) is 0 Å². The number of aromatic nitrogens is 1. The first-order valence-corrected chi connectivity index (χ1v) is 10.4. The summed E-state index contributed by atoms with van der Waals surface area (Å²) in [5.41, 5.74) is 3.95. The highest BCUT2D eigenvalue weighted by atomic mass is 32.2. The van der Waals surface area contributed by atoms with Gasteiger partial charge < -0.3 is 4.90 Å². The summed E-state index contributed by atoms with van der Waals surface area (Å²) < 4.78 is 27.8. The van der Waals surface area contributed by atoms with Crippen LogP contribution in [0.3, 0.4) is 0 Å². The molecule has 27 heavy (non-hydrogen) atoms. The average molecular weight is 388 g/mol. The van der Waals surface area contributed by atoms with Crippen molar-refractivity contribution in [1.82, 2.24) is 14.2 Å². The van der Waals surface area contributed by atoms with Crippen LogP contribution in [0.4, 0.5) is 0 Å². The van der Waals surface area contributed by atoms with Gasteiger partial charge in [0.1, 0.15) is 0 Å². The Kier molecular flexibility index (Phi) is 5.35. The molecule has 7 heteroatoms. The van der Waals surface area contributed by atoms with Crippen LogP contribution in [0, 0.1) is 27.7 Å². The third-order valence-corrected chi connectivity index (χ3v) is 7.09. The van der Waals surface area contributed by atoms with Gasteiger partial charge in [-0.05, 0) is 51.0 Å². The van der Waals surface area contributed by atoms with Gasteiger partial charge >= 0.3 is 0 Å². The zero-order valence-electron chi connectivity index (χ0n) is 16.2. The summed E-state index contributed by atoms with van der Waals surface area (Å²) >= 11 is 0. The van der Waals surface area contributed by atoms with E-state index < -0.39 is 10.0 Å². The van der Waals surface area contributed by atoms with Crippen molar-refractivity contribution >= 4 is 15.9 Å². The highest BCUT2D eigenvalue weighted by Gasteiger charge is 2.32. The van der Waals surface area contributed by atoms with Crippen LogP contribution in [0.1, 0.15) is 32.7 Å². The molecule has 1 aliphatic rings. The molecule has 1 amide bonds. The van der Waals surface area contributed by atoms with E-state index in [1.807, 2.05) is 39.8 Å². The number of hydrogen-bond acceptors (Lipinski definition) is 4. The molecule has 0 bridgehead atoms. The van der Waals surface area contributed by atoms with Gasteiger partial charge in [-0.1, -0.05) is 17.7 Å². The van der Waals surface area contributed by atoms with E-state index in [0.29, 0.717) is 36.6 Å². The summed E-state index contributed by atoms with van der Waals surface area (Å²) in [5, 5.41) is 0. The molecule has 0 spiro atoms. The zero-order valence-corrected chi connectivity index (χ0v) is 17.0. The SMILES string of the molecule is Cc1cc(C)c(S(=O)(=O)N2CCN(C(=O)c3ccc(C)nc3)CC2)c(C)c1. The lowest BCUT2D eigenvalue weighted by molar-refractivity contribution is 0.0697. The van der Waals surface area contributed by atoms with Crippen LogP contribution >= 0.6 is 0 Å². The van der Waals surface area contributed by atoms with Crippen molar-refractivity contribution in [3.63, 3.8) is 0 Å². The van der Waals surface area contributed by atoms with Gasteiger partial charge in [-0.2, -0.15) is 4.31 Å². The van der Waals surface area contributed by atoms with E-state index in [2.05, 4.69) is 4.98 Å². The molecule has 0 N–H and O–H groups in total. The molecule has 0 aliphatic carbocycles. The van der Waals surface area contributed by atoms with Crippen molar-refractivity contribution in [2.45, 2.75) is 32.6 Å². The maximum Gasteiger partial charge on any atom is 0.255 e. The van der Waals surface area contributed by atoms with Gasteiger partial charge in [0.2, 0.25) is 10.0 Å². The lowest BCUT2D eigenvalue weighted by atomic mass is 10.1. The smallest absolute Gasteiger partial charge is 0.255 e. The second-order valence-electron chi connectivity index (χ2n) is 7.11. The topological polar surface area (TPSA) is 70.6 Å². The van der Waals surface area contributed by atoms with Gasteiger partial charge in [-0.3, -0.25) is 9.78 Å². The third kappa shape index (κ3) is 3.89. The minimum absolute atomic E-state index is 0.109. The predicted molar refractivity (Wildman–Crippen MR) is 104 cm³/mol. The molecular formula is C20H25N3O3S. The fourth-order valence-electron chi connectivity index (χ4n) is 3.61. The normalized spacial score (nSPS) is 15.8. The maximum absolute atomic E-state index is 13.1. The first kappa shape index (κ1) is 19.5. The molecule has 144 valence electrons. The van der Waals surface area contributed by atoms with Crippen LogP contribution < -0.4 is 0 Å². The van der Waals surface area contributed by atoms with Crippen molar-refractivity contribution < 1.29 is 13.2 Å². The number of pyridine rings is 1. The predicted octanol–water partition coefficient (Wildman–Crippen LogP) is 2.46. The maximum atomic E-state index is 13.1. The standard InChI is InChI=1S/C20H25N3O3S/c1-14-11-15(2)19(16(3)12-14)27(25,26)23-9-7-22(8-10-23)20(24)18-6-5-17(4)21-13-18/h5-6,11-13H,7-10H2,1-4H3. The molecule has 2 aromatic rings. The monoisotopic (exact) mass is 387 g/mol. The minimum atomic E-state index is -3.58. The van der Waals surface area contributed by atoms with E-state index in [0.717, 1.165) is 22.4 Å². The summed E-state index contributed by atoms with van der Waals surface area (Å²) in [6.07, 6.45) is 1.57. The van der Waals surface area contributed by atoms with E-state index in [4.69, 9.17) is 0 Å². The molecule has 3 rings (SSSR count). The third-order valence-electron chi connectivity index (χ3n) is 4.89. The molecule has 0 saturated carbocycles. The Morgan fingerprint density at radius 3 is 2.07 bits per heavy atom. The first-order chi connectivity index (χ1) is 12.7. The first-order valence-electron chi connectivity index (χ1n) is 9.00. The Bertz CT molecular complexity index is 937. The Labute approximate surface area is 160 Å². The van der Waals surface area contributed by atoms with Gasteiger partial charge in [0.15, 0.2) is 0 Å². The van der Waals surface area contributed by atoms with E-state index in [1.165, 1.54) is 4.31 Å². The molecule has 1 aliphatic heterocycles. The molecule has 6 nitrogen and oxygen atoms in total. The van der Waals surface area contributed by atoms with Crippen LogP contribution in [0.2, 0.25) is 0 Å². The summed E-state index contributed by atoms with van der Waals surface area (Å²) in [4.78, 5) is 18.8. The second kappa shape index (κ2) is 7.40. The molecular weight excluding hydrogens is 362 g/mol. The van der Waals surface area contributed by atoms with Crippen molar-refractivity contribution in [2.75, 3.05) is 26.2 Å². The number of benzene rings is 1. The number of carbonyl (C=O) groups is 1. The number of rotatable bonds is 3. The number of sulfonamides is 1. The van der Waals surface area contributed by atoms with Crippen LogP contribution in [-0.4, -0.2) is 54.7 Å². The Balaban J connectivity index is 1.75. The number of amides is 1. The molecule has 1 aromatic carbocycles. The molecule has 2 heterocycles. The summed E-state index contributed by atoms with van der Waals surface area (Å²) in [6.45, 7) is 8.81. The zero-order chi connectivity index (χ0) is 19.8. The lowest BCUT2D eigenvalue weighted by Crippen LogP contribution is -2.50. The quantitative estimate of drug-likeness (QED) is 0.811. The van der Waals surface area contributed by atoms with Crippen molar-refractivity contribution in [3.8, 4) is 0 Å². The Morgan fingerprint density at radius 1 is 0.963 bits per heavy atom. The van der Waals surface area contributed by atoms with Crippen LogP contribution in [0.15, 0.2) is 35.4 Å². The van der Waals surface area contributed by atoms with Crippen LogP contribution in [0.5, 0.6) is 0 Å². The average Bonchev–Trinajstić information content (AvgIpc) is 2.61. The molecule has 0 unspecified atom stereocenters. The second-order valence-corrected chi connectivity index (χ2v) is 8.99. The largest absolute Gasteiger partial charge is 0.336 e. The van der Waals surface area contributed by atoms with E-state index in [-0.39, 0.29) is 5.91 Å². The number of piperazine rings is 1. The summed E-state index contributed by atoms with van der Waals surface area (Å²) in [5.74, 6) is -0.109. The van der Waals surface area contributed by atoms with E-state index in [9.17, 15) is 13.2 Å². The van der Waals surface area contributed by atoms with Gasteiger partial charge in [-0.25, -0.2) is 8.42 Å². The Hall–Kier alpha value is -2.25. The summed E-state index contributed by atoms with van der Waals surface area (Å²) in [6, 6.07) is 7.35. The highest BCUT2D eigenvalue weighted by molar-refractivity contribution is 7.89. The van der Waals surface area contributed by atoms with Gasteiger partial charge in [0.05, 0.1) is 10.5 Å². The van der Waals surface area contributed by atoms with Crippen LogP contribution in [-0.2, 0) is 10.0 Å². The fourth-order valence-corrected chi connectivity index (χ4v) is 5.45. The summed E-state index contributed by atoms with van der Waals surface area (Å²) in [7, 11) is -3.58. The number of hydrogen-bond donors (Lipinski definition) is 0. The van der Waals surface area contributed by atoms with Crippen molar-refractivity contribution in [2.24, 2.45) is 0 Å². The van der Waals surface area contributed by atoms with E-state index >= 15 is 0 Å². The minimum Gasteiger partial charge on any atom is -0.336 e. The molecule has 0 atom stereocenters. The van der Waals surface area contributed by atoms with Gasteiger partial charge in [0.25, 0.3) is 5.91 Å².